The largest absolute Gasteiger partial charge is 0.492 e. The van der Waals surface area contributed by atoms with Crippen molar-refractivity contribution in [3.8, 4) is 5.75 Å². The van der Waals surface area contributed by atoms with E-state index in [9.17, 15) is 4.79 Å². The number of carbonyl (C=O) groups excluding carboxylic acids is 1. The topological polar surface area (TPSA) is 55.6 Å². The lowest BCUT2D eigenvalue weighted by Crippen LogP contribution is -2.44. The van der Waals surface area contributed by atoms with Crippen molar-refractivity contribution in [1.82, 2.24) is 4.90 Å². The van der Waals surface area contributed by atoms with E-state index in [1.54, 1.807) is 11.9 Å². The molecular formula is C18H22N2O2. The molecule has 0 heterocycles. The van der Waals surface area contributed by atoms with Crippen molar-refractivity contribution in [3.63, 3.8) is 0 Å². The van der Waals surface area contributed by atoms with Crippen LogP contribution in [-0.2, 0) is 11.2 Å². The number of likely N-dealkylation sites (N-methyl/N-ethyl adjacent to an activating group) is 1. The quantitative estimate of drug-likeness (QED) is 0.851. The molecule has 0 unspecified atom stereocenters. The van der Waals surface area contributed by atoms with Crippen LogP contribution < -0.4 is 10.5 Å². The molecule has 0 saturated carbocycles. The van der Waals surface area contributed by atoms with E-state index in [4.69, 9.17) is 10.5 Å². The number of rotatable bonds is 7. The number of carbonyl (C=O) groups is 1. The first-order valence-electron chi connectivity index (χ1n) is 7.39. The minimum atomic E-state index is -0.524. The smallest absolute Gasteiger partial charge is 0.239 e. The zero-order valence-electron chi connectivity index (χ0n) is 12.8. The van der Waals surface area contributed by atoms with Crippen LogP contribution in [0, 0.1) is 0 Å². The summed E-state index contributed by atoms with van der Waals surface area (Å²) in [6, 6.07) is 18.8. The van der Waals surface area contributed by atoms with Gasteiger partial charge in [-0.05, 0) is 24.1 Å². The molecule has 0 bridgehead atoms. The minimum Gasteiger partial charge on any atom is -0.492 e. The molecule has 2 aromatic rings. The first-order chi connectivity index (χ1) is 10.7. The first-order valence-corrected chi connectivity index (χ1v) is 7.39. The Labute approximate surface area is 131 Å². The van der Waals surface area contributed by atoms with Crippen molar-refractivity contribution in [2.75, 3.05) is 20.2 Å². The summed E-state index contributed by atoms with van der Waals surface area (Å²) < 4.78 is 5.59. The van der Waals surface area contributed by atoms with Gasteiger partial charge in [-0.3, -0.25) is 4.79 Å². The molecule has 0 spiro atoms. The number of nitrogens with zero attached hydrogens (tertiary/aromatic N) is 1. The Balaban J connectivity index is 1.76. The molecule has 4 nitrogen and oxygen atoms in total. The summed E-state index contributed by atoms with van der Waals surface area (Å²) in [5.74, 6) is 0.734. The van der Waals surface area contributed by atoms with Crippen molar-refractivity contribution in [2.45, 2.75) is 12.5 Å². The predicted octanol–water partition coefficient (Wildman–Crippen LogP) is 2.09. The Morgan fingerprint density at radius 1 is 1.09 bits per heavy atom. The molecule has 0 aromatic heterocycles. The van der Waals surface area contributed by atoms with E-state index >= 15 is 0 Å². The Morgan fingerprint density at radius 2 is 1.68 bits per heavy atom. The highest BCUT2D eigenvalue weighted by molar-refractivity contribution is 5.81. The number of amides is 1. The number of para-hydroxylation sites is 1. The van der Waals surface area contributed by atoms with Crippen molar-refractivity contribution >= 4 is 5.91 Å². The van der Waals surface area contributed by atoms with Gasteiger partial charge in [-0.25, -0.2) is 0 Å². The number of hydrogen-bond acceptors (Lipinski definition) is 3. The molecular weight excluding hydrogens is 276 g/mol. The fourth-order valence-corrected chi connectivity index (χ4v) is 2.17. The molecule has 0 aliphatic carbocycles. The third-order valence-electron chi connectivity index (χ3n) is 3.43. The van der Waals surface area contributed by atoms with Gasteiger partial charge < -0.3 is 15.4 Å². The molecule has 2 N–H and O–H groups in total. The van der Waals surface area contributed by atoms with Crippen molar-refractivity contribution in [3.05, 3.63) is 66.2 Å². The fraction of sp³-hybridized carbons (Fsp3) is 0.278. The van der Waals surface area contributed by atoms with Gasteiger partial charge in [0.1, 0.15) is 12.4 Å². The lowest BCUT2D eigenvalue weighted by molar-refractivity contribution is -0.131. The molecule has 1 amide bonds. The van der Waals surface area contributed by atoms with E-state index < -0.39 is 6.04 Å². The molecule has 4 heteroatoms. The van der Waals surface area contributed by atoms with Crippen molar-refractivity contribution in [1.29, 1.82) is 0 Å². The molecule has 0 aliphatic heterocycles. The molecule has 2 aromatic carbocycles. The van der Waals surface area contributed by atoms with Gasteiger partial charge in [-0.2, -0.15) is 0 Å². The number of hydrogen-bond donors (Lipinski definition) is 1. The van der Waals surface area contributed by atoms with E-state index in [1.165, 1.54) is 0 Å². The summed E-state index contributed by atoms with van der Waals surface area (Å²) in [6.45, 7) is 0.959. The maximum atomic E-state index is 12.2. The Morgan fingerprint density at radius 3 is 2.32 bits per heavy atom. The second-order valence-electron chi connectivity index (χ2n) is 5.22. The van der Waals surface area contributed by atoms with E-state index in [2.05, 4.69) is 0 Å². The SMILES string of the molecule is CN(CCOc1ccccc1)C(=O)[C@@H](N)Cc1ccccc1. The summed E-state index contributed by atoms with van der Waals surface area (Å²) in [7, 11) is 1.75. The van der Waals surface area contributed by atoms with E-state index in [0.29, 0.717) is 19.6 Å². The maximum Gasteiger partial charge on any atom is 0.239 e. The highest BCUT2D eigenvalue weighted by Gasteiger charge is 2.18. The third kappa shape index (κ3) is 4.90. The van der Waals surface area contributed by atoms with Crippen LogP contribution in [0.5, 0.6) is 5.75 Å². The fourth-order valence-electron chi connectivity index (χ4n) is 2.17. The highest BCUT2D eigenvalue weighted by Crippen LogP contribution is 2.08. The van der Waals surface area contributed by atoms with Crippen LogP contribution in [0.25, 0.3) is 0 Å². The van der Waals surface area contributed by atoms with E-state index in [1.807, 2.05) is 60.7 Å². The van der Waals surface area contributed by atoms with Gasteiger partial charge in [-0.15, -0.1) is 0 Å². The summed E-state index contributed by atoms with van der Waals surface area (Å²) in [5.41, 5.74) is 7.07. The predicted molar refractivity (Wildman–Crippen MR) is 87.7 cm³/mol. The Hall–Kier alpha value is -2.33. The van der Waals surface area contributed by atoms with Gasteiger partial charge in [0.2, 0.25) is 5.91 Å². The lowest BCUT2D eigenvalue weighted by atomic mass is 10.1. The zero-order valence-corrected chi connectivity index (χ0v) is 12.8. The highest BCUT2D eigenvalue weighted by atomic mass is 16.5. The molecule has 1 atom stereocenters. The summed E-state index contributed by atoms with van der Waals surface area (Å²) >= 11 is 0. The van der Waals surface area contributed by atoms with Crippen molar-refractivity contribution in [2.24, 2.45) is 5.73 Å². The van der Waals surface area contributed by atoms with Gasteiger partial charge in [0.25, 0.3) is 0 Å². The number of nitrogens with two attached hydrogens (primary N) is 1. The number of benzene rings is 2. The van der Waals surface area contributed by atoms with E-state index in [-0.39, 0.29) is 5.91 Å². The molecule has 116 valence electrons. The van der Waals surface area contributed by atoms with Crippen molar-refractivity contribution < 1.29 is 9.53 Å². The van der Waals surface area contributed by atoms with Crippen LogP contribution in [0.1, 0.15) is 5.56 Å². The van der Waals surface area contributed by atoms with E-state index in [0.717, 1.165) is 11.3 Å². The molecule has 0 aliphatic rings. The molecule has 0 saturated heterocycles. The average Bonchev–Trinajstić information content (AvgIpc) is 2.56. The van der Waals surface area contributed by atoms with Crippen LogP contribution in [0.15, 0.2) is 60.7 Å². The van der Waals surface area contributed by atoms with Crippen LogP contribution >= 0.6 is 0 Å². The van der Waals surface area contributed by atoms with Gasteiger partial charge in [0.05, 0.1) is 12.6 Å². The maximum absolute atomic E-state index is 12.2. The lowest BCUT2D eigenvalue weighted by Gasteiger charge is -2.21. The third-order valence-corrected chi connectivity index (χ3v) is 3.43. The van der Waals surface area contributed by atoms with Gasteiger partial charge in [-0.1, -0.05) is 48.5 Å². The van der Waals surface area contributed by atoms with Gasteiger partial charge in [0.15, 0.2) is 0 Å². The Kier molecular flexibility index (Phi) is 5.98. The van der Waals surface area contributed by atoms with Crippen LogP contribution in [0.2, 0.25) is 0 Å². The molecule has 0 fully saturated rings. The molecule has 2 rings (SSSR count). The minimum absolute atomic E-state index is 0.0690. The summed E-state index contributed by atoms with van der Waals surface area (Å²) in [4.78, 5) is 13.9. The second-order valence-corrected chi connectivity index (χ2v) is 5.22. The molecule has 22 heavy (non-hydrogen) atoms. The first kappa shape index (κ1) is 16.0. The average molecular weight is 298 g/mol. The normalized spacial score (nSPS) is 11.7. The Bertz CT molecular complexity index is 572. The summed E-state index contributed by atoms with van der Waals surface area (Å²) in [6.07, 6.45) is 0.545. The number of ether oxygens (including phenoxy) is 1. The van der Waals surface area contributed by atoms with Crippen LogP contribution in [0.3, 0.4) is 0 Å². The van der Waals surface area contributed by atoms with Crippen LogP contribution in [-0.4, -0.2) is 37.0 Å². The zero-order chi connectivity index (χ0) is 15.8. The van der Waals surface area contributed by atoms with Crippen LogP contribution in [0.4, 0.5) is 0 Å². The molecule has 0 radical (unpaired) electrons. The second kappa shape index (κ2) is 8.20. The summed E-state index contributed by atoms with van der Waals surface area (Å²) in [5, 5.41) is 0. The van der Waals surface area contributed by atoms with Gasteiger partial charge >= 0.3 is 0 Å². The standard InChI is InChI=1S/C18H22N2O2/c1-20(12-13-22-16-10-6-3-7-11-16)18(21)17(19)14-15-8-4-2-5-9-15/h2-11,17H,12-14,19H2,1H3/t17-/m0/s1. The monoisotopic (exact) mass is 298 g/mol. The van der Waals surface area contributed by atoms with Gasteiger partial charge in [0, 0.05) is 7.05 Å².